The summed E-state index contributed by atoms with van der Waals surface area (Å²) in [6, 6.07) is 17.9. The summed E-state index contributed by atoms with van der Waals surface area (Å²) in [5.74, 6) is -0.405. The van der Waals surface area contributed by atoms with Crippen LogP contribution in [0.4, 0.5) is 5.69 Å². The number of carbonyl (C=O) groups is 1. The number of benzene rings is 2. The highest BCUT2D eigenvalue weighted by Crippen LogP contribution is 2.24. The molecule has 1 amide bonds. The largest absolute Gasteiger partial charge is 0.321 e. The van der Waals surface area contributed by atoms with E-state index in [4.69, 9.17) is 0 Å². The Morgan fingerprint density at radius 1 is 0.966 bits per heavy atom. The molecular formula is C25H25N3O. The van der Waals surface area contributed by atoms with Crippen LogP contribution in [0.1, 0.15) is 33.6 Å². The molecule has 2 aromatic carbocycles. The van der Waals surface area contributed by atoms with Gasteiger partial charge in [-0.05, 0) is 87.2 Å². The Kier molecular flexibility index (Phi) is 5.70. The molecule has 0 saturated heterocycles. The Labute approximate surface area is 172 Å². The molecule has 4 heteroatoms. The van der Waals surface area contributed by atoms with E-state index in [0.717, 1.165) is 28.2 Å². The highest BCUT2D eigenvalue weighted by atomic mass is 16.1. The van der Waals surface area contributed by atoms with Gasteiger partial charge >= 0.3 is 0 Å². The van der Waals surface area contributed by atoms with Crippen molar-refractivity contribution in [2.45, 2.75) is 34.6 Å². The van der Waals surface area contributed by atoms with Gasteiger partial charge in [0.2, 0.25) is 0 Å². The van der Waals surface area contributed by atoms with Crippen LogP contribution in [0, 0.1) is 45.9 Å². The van der Waals surface area contributed by atoms with Gasteiger partial charge in [-0.1, -0.05) is 24.3 Å². The summed E-state index contributed by atoms with van der Waals surface area (Å²) in [6.07, 6.45) is 1.66. The topological polar surface area (TPSA) is 57.8 Å². The molecule has 0 atom stereocenters. The van der Waals surface area contributed by atoms with Crippen LogP contribution in [0.25, 0.3) is 11.8 Å². The Hall–Kier alpha value is -3.58. The zero-order valence-electron chi connectivity index (χ0n) is 17.5. The number of rotatable bonds is 4. The molecule has 0 fully saturated rings. The van der Waals surface area contributed by atoms with Gasteiger partial charge in [0.05, 0.1) is 0 Å². The number of nitriles is 1. The van der Waals surface area contributed by atoms with Gasteiger partial charge in [0.15, 0.2) is 0 Å². The lowest BCUT2D eigenvalue weighted by Crippen LogP contribution is -2.14. The van der Waals surface area contributed by atoms with E-state index in [1.165, 1.54) is 11.1 Å². The average Bonchev–Trinajstić information content (AvgIpc) is 2.97. The summed E-state index contributed by atoms with van der Waals surface area (Å²) < 4.78 is 2.15. The highest BCUT2D eigenvalue weighted by Gasteiger charge is 2.15. The third-order valence-electron chi connectivity index (χ3n) is 5.28. The first-order valence-corrected chi connectivity index (χ1v) is 9.57. The van der Waals surface area contributed by atoms with Crippen LogP contribution in [0.5, 0.6) is 0 Å². The highest BCUT2D eigenvalue weighted by molar-refractivity contribution is 6.10. The van der Waals surface area contributed by atoms with Gasteiger partial charge in [0.1, 0.15) is 11.6 Å². The molecule has 29 heavy (non-hydrogen) atoms. The minimum absolute atomic E-state index is 0.0774. The standard InChI is InChI=1S/C25H25N3O/c1-16-10-11-23(12-18(16)3)28-19(4)13-21(20(28)5)14-22(15-26)25(29)27-24-9-7-6-8-17(24)2/h6-14H,1-5H3,(H,27,29). The van der Waals surface area contributed by atoms with Gasteiger partial charge in [-0.15, -0.1) is 0 Å². The van der Waals surface area contributed by atoms with E-state index in [-0.39, 0.29) is 5.57 Å². The second kappa shape index (κ2) is 8.20. The second-order valence-corrected chi connectivity index (χ2v) is 7.37. The van der Waals surface area contributed by atoms with E-state index >= 15 is 0 Å². The molecule has 0 aliphatic carbocycles. The normalized spacial score (nSPS) is 11.2. The zero-order chi connectivity index (χ0) is 21.1. The van der Waals surface area contributed by atoms with E-state index in [1.807, 2.05) is 57.2 Å². The Morgan fingerprint density at radius 3 is 2.34 bits per heavy atom. The van der Waals surface area contributed by atoms with Gasteiger partial charge in [-0.3, -0.25) is 4.79 Å². The third kappa shape index (κ3) is 4.14. The zero-order valence-corrected chi connectivity index (χ0v) is 17.5. The average molecular weight is 383 g/mol. The number of aryl methyl sites for hydroxylation is 4. The number of anilines is 1. The summed E-state index contributed by atoms with van der Waals surface area (Å²) in [6.45, 7) is 10.1. The first-order chi connectivity index (χ1) is 13.8. The molecule has 3 rings (SSSR count). The van der Waals surface area contributed by atoms with Crippen LogP contribution in [0.3, 0.4) is 0 Å². The van der Waals surface area contributed by atoms with Crippen molar-refractivity contribution in [2.75, 3.05) is 5.32 Å². The maximum absolute atomic E-state index is 12.6. The monoisotopic (exact) mass is 383 g/mol. The quantitative estimate of drug-likeness (QED) is 0.473. The number of aromatic nitrogens is 1. The fourth-order valence-corrected chi connectivity index (χ4v) is 3.40. The van der Waals surface area contributed by atoms with Crippen molar-refractivity contribution in [3.63, 3.8) is 0 Å². The molecule has 3 aromatic rings. The van der Waals surface area contributed by atoms with Gasteiger partial charge < -0.3 is 9.88 Å². The summed E-state index contributed by atoms with van der Waals surface area (Å²) in [4.78, 5) is 12.6. The van der Waals surface area contributed by atoms with Crippen molar-refractivity contribution in [3.05, 3.63) is 87.7 Å². The van der Waals surface area contributed by atoms with Crippen molar-refractivity contribution in [1.82, 2.24) is 4.57 Å². The fourth-order valence-electron chi connectivity index (χ4n) is 3.40. The van der Waals surface area contributed by atoms with Crippen LogP contribution < -0.4 is 5.32 Å². The van der Waals surface area contributed by atoms with Gasteiger partial charge in [-0.25, -0.2) is 0 Å². The molecule has 0 aliphatic heterocycles. The molecule has 146 valence electrons. The van der Waals surface area contributed by atoms with E-state index in [9.17, 15) is 10.1 Å². The van der Waals surface area contributed by atoms with Gasteiger partial charge in [0, 0.05) is 22.8 Å². The smallest absolute Gasteiger partial charge is 0.266 e. The molecule has 4 nitrogen and oxygen atoms in total. The van der Waals surface area contributed by atoms with E-state index in [1.54, 1.807) is 6.08 Å². The first-order valence-electron chi connectivity index (χ1n) is 9.57. The van der Waals surface area contributed by atoms with Crippen molar-refractivity contribution >= 4 is 17.7 Å². The molecule has 0 aliphatic rings. The predicted molar refractivity (Wildman–Crippen MR) is 118 cm³/mol. The summed E-state index contributed by atoms with van der Waals surface area (Å²) >= 11 is 0. The molecule has 0 unspecified atom stereocenters. The molecule has 0 spiro atoms. The van der Waals surface area contributed by atoms with Crippen molar-refractivity contribution in [2.24, 2.45) is 0 Å². The number of nitrogens with zero attached hydrogens (tertiary/aromatic N) is 2. The van der Waals surface area contributed by atoms with Crippen LogP contribution in [-0.2, 0) is 4.79 Å². The maximum atomic E-state index is 12.6. The number of amides is 1. The second-order valence-electron chi connectivity index (χ2n) is 7.37. The summed E-state index contributed by atoms with van der Waals surface area (Å²) in [5, 5.41) is 12.4. The number of para-hydroxylation sites is 1. The molecule has 1 aromatic heterocycles. The van der Waals surface area contributed by atoms with E-state index in [0.29, 0.717) is 5.69 Å². The number of hydrogen-bond donors (Lipinski definition) is 1. The minimum atomic E-state index is -0.405. The van der Waals surface area contributed by atoms with Gasteiger partial charge in [0.25, 0.3) is 5.91 Å². The molecule has 1 N–H and O–H groups in total. The molecule has 0 saturated carbocycles. The fraction of sp³-hybridized carbons (Fsp3) is 0.200. The van der Waals surface area contributed by atoms with Crippen molar-refractivity contribution < 1.29 is 4.79 Å². The lowest BCUT2D eigenvalue weighted by Gasteiger charge is -2.12. The van der Waals surface area contributed by atoms with E-state index < -0.39 is 5.91 Å². The number of nitrogens with one attached hydrogen (secondary N) is 1. The van der Waals surface area contributed by atoms with Gasteiger partial charge in [-0.2, -0.15) is 5.26 Å². The van der Waals surface area contributed by atoms with Crippen molar-refractivity contribution in [1.29, 1.82) is 5.26 Å². The molecule has 0 bridgehead atoms. The first kappa shape index (κ1) is 20.2. The van der Waals surface area contributed by atoms with Crippen molar-refractivity contribution in [3.8, 4) is 11.8 Å². The Bertz CT molecular complexity index is 1160. The summed E-state index contributed by atoms with van der Waals surface area (Å²) in [7, 11) is 0. The van der Waals surface area contributed by atoms with Crippen LogP contribution >= 0.6 is 0 Å². The maximum Gasteiger partial charge on any atom is 0.266 e. The lowest BCUT2D eigenvalue weighted by molar-refractivity contribution is -0.112. The minimum Gasteiger partial charge on any atom is -0.321 e. The Morgan fingerprint density at radius 2 is 1.69 bits per heavy atom. The molecule has 0 radical (unpaired) electrons. The Balaban J connectivity index is 1.96. The number of carbonyl (C=O) groups excluding carboxylic acids is 1. The number of hydrogen-bond acceptors (Lipinski definition) is 2. The SMILES string of the molecule is Cc1ccc(-n2c(C)cc(C=C(C#N)C(=O)Nc3ccccc3C)c2C)cc1C. The predicted octanol–water partition coefficient (Wildman–Crippen LogP) is 5.57. The summed E-state index contributed by atoms with van der Waals surface area (Å²) in [5.41, 5.74) is 8.18. The molecular weight excluding hydrogens is 358 g/mol. The third-order valence-corrected chi connectivity index (χ3v) is 5.28. The lowest BCUT2D eigenvalue weighted by atomic mass is 10.1. The van der Waals surface area contributed by atoms with Crippen LogP contribution in [-0.4, -0.2) is 10.5 Å². The van der Waals surface area contributed by atoms with E-state index in [2.05, 4.69) is 41.9 Å². The molecule has 1 heterocycles. The van der Waals surface area contributed by atoms with Crippen LogP contribution in [0.2, 0.25) is 0 Å². The van der Waals surface area contributed by atoms with Crippen LogP contribution in [0.15, 0.2) is 54.1 Å².